The Morgan fingerprint density at radius 3 is 3.14 bits per heavy atom. The molecular weight excluding hydrogens is 290 g/mol. The van der Waals surface area contributed by atoms with E-state index in [1.165, 1.54) is 0 Å². The second kappa shape index (κ2) is 6.01. The SMILES string of the molecule is O=C(O)CCCCc1nc(-c2cnc3ccsc3c2)no1. The molecule has 0 aliphatic rings. The highest BCUT2D eigenvalue weighted by Crippen LogP contribution is 2.24. The number of carbonyl (C=O) groups is 1. The van der Waals surface area contributed by atoms with Crippen LogP contribution in [0.1, 0.15) is 25.2 Å². The predicted octanol–water partition coefficient (Wildman–Crippen LogP) is 3.14. The Morgan fingerprint density at radius 1 is 1.38 bits per heavy atom. The standard InChI is InChI=1S/C14H13N3O3S/c18-13(19)4-2-1-3-12-16-14(17-20-12)9-7-11-10(15-8-9)5-6-21-11/h5-8H,1-4H2,(H,18,19). The van der Waals surface area contributed by atoms with Gasteiger partial charge < -0.3 is 9.63 Å². The summed E-state index contributed by atoms with van der Waals surface area (Å²) in [5.41, 5.74) is 1.78. The van der Waals surface area contributed by atoms with Crippen molar-refractivity contribution in [3.8, 4) is 11.4 Å². The average molecular weight is 303 g/mol. The fourth-order valence-corrected chi connectivity index (χ4v) is 2.77. The van der Waals surface area contributed by atoms with Crippen LogP contribution in [-0.2, 0) is 11.2 Å². The molecule has 0 saturated carbocycles. The molecule has 1 N–H and O–H groups in total. The highest BCUT2D eigenvalue weighted by Gasteiger charge is 2.10. The summed E-state index contributed by atoms with van der Waals surface area (Å²) >= 11 is 1.62. The first kappa shape index (κ1) is 13.7. The molecule has 3 aromatic heterocycles. The molecule has 0 fully saturated rings. The molecule has 3 heterocycles. The number of carboxylic acid groups (broad SMARTS) is 1. The molecule has 3 aromatic rings. The van der Waals surface area contributed by atoms with Gasteiger partial charge in [0.15, 0.2) is 0 Å². The third-order valence-electron chi connectivity index (χ3n) is 3.06. The molecule has 108 valence electrons. The summed E-state index contributed by atoms with van der Waals surface area (Å²) in [4.78, 5) is 19.1. The van der Waals surface area contributed by atoms with Gasteiger partial charge in [0.1, 0.15) is 0 Å². The highest BCUT2D eigenvalue weighted by molar-refractivity contribution is 7.17. The second-order valence-electron chi connectivity index (χ2n) is 4.64. The topological polar surface area (TPSA) is 89.1 Å². The molecule has 0 radical (unpaired) electrons. The van der Waals surface area contributed by atoms with Crippen LogP contribution in [0.25, 0.3) is 21.6 Å². The van der Waals surface area contributed by atoms with Gasteiger partial charge in [-0.25, -0.2) is 0 Å². The Bertz CT molecular complexity index is 766. The van der Waals surface area contributed by atoms with Crippen molar-refractivity contribution in [3.05, 3.63) is 29.6 Å². The molecular formula is C14H13N3O3S. The van der Waals surface area contributed by atoms with Gasteiger partial charge in [-0.3, -0.25) is 9.78 Å². The number of hydrogen-bond acceptors (Lipinski definition) is 6. The van der Waals surface area contributed by atoms with Crippen LogP contribution < -0.4 is 0 Å². The Kier molecular flexibility index (Phi) is 3.92. The van der Waals surface area contributed by atoms with Crippen molar-refractivity contribution in [2.75, 3.05) is 0 Å². The lowest BCUT2D eigenvalue weighted by molar-refractivity contribution is -0.137. The van der Waals surface area contributed by atoms with Gasteiger partial charge in [0.2, 0.25) is 11.7 Å². The minimum Gasteiger partial charge on any atom is -0.481 e. The molecule has 7 heteroatoms. The van der Waals surface area contributed by atoms with Crippen molar-refractivity contribution in [2.24, 2.45) is 0 Å². The van der Waals surface area contributed by atoms with Crippen LogP contribution in [0.3, 0.4) is 0 Å². The number of hydrogen-bond donors (Lipinski definition) is 1. The van der Waals surface area contributed by atoms with Crippen molar-refractivity contribution < 1.29 is 14.4 Å². The van der Waals surface area contributed by atoms with E-state index in [9.17, 15) is 4.79 Å². The number of aliphatic carboxylic acids is 1. The van der Waals surface area contributed by atoms with Crippen LogP contribution in [0.2, 0.25) is 0 Å². The molecule has 0 bridgehead atoms. The van der Waals surface area contributed by atoms with Gasteiger partial charge >= 0.3 is 5.97 Å². The highest BCUT2D eigenvalue weighted by atomic mass is 32.1. The quantitative estimate of drug-likeness (QED) is 0.704. The lowest BCUT2D eigenvalue weighted by Gasteiger charge is -1.94. The number of carboxylic acids is 1. The number of fused-ring (bicyclic) bond motifs is 1. The van der Waals surface area contributed by atoms with Gasteiger partial charge in [-0.15, -0.1) is 11.3 Å². The van der Waals surface area contributed by atoms with Gasteiger partial charge in [0, 0.05) is 24.6 Å². The number of aromatic nitrogens is 3. The summed E-state index contributed by atoms with van der Waals surface area (Å²) in [6.07, 6.45) is 3.81. The molecule has 0 amide bonds. The zero-order valence-corrected chi connectivity index (χ0v) is 12.0. The fourth-order valence-electron chi connectivity index (χ4n) is 1.99. The molecule has 0 atom stereocenters. The summed E-state index contributed by atoms with van der Waals surface area (Å²) in [6.45, 7) is 0. The number of nitrogens with zero attached hydrogens (tertiary/aromatic N) is 3. The summed E-state index contributed by atoms with van der Waals surface area (Å²) in [6, 6.07) is 3.96. The zero-order valence-electron chi connectivity index (χ0n) is 11.2. The van der Waals surface area contributed by atoms with E-state index in [1.807, 2.05) is 17.5 Å². The van der Waals surface area contributed by atoms with Crippen LogP contribution in [0.5, 0.6) is 0 Å². The van der Waals surface area contributed by atoms with Crippen LogP contribution in [0, 0.1) is 0 Å². The lowest BCUT2D eigenvalue weighted by Crippen LogP contribution is -1.95. The van der Waals surface area contributed by atoms with Crippen molar-refractivity contribution >= 4 is 27.5 Å². The van der Waals surface area contributed by atoms with E-state index in [4.69, 9.17) is 9.63 Å². The van der Waals surface area contributed by atoms with E-state index in [0.717, 1.165) is 22.2 Å². The number of unbranched alkanes of at least 4 members (excludes halogenated alkanes) is 1. The molecule has 3 rings (SSSR count). The molecule has 0 unspecified atom stereocenters. The number of aryl methyl sites for hydroxylation is 1. The van der Waals surface area contributed by atoms with Crippen molar-refractivity contribution in [2.45, 2.75) is 25.7 Å². The van der Waals surface area contributed by atoms with Crippen LogP contribution >= 0.6 is 11.3 Å². The van der Waals surface area contributed by atoms with E-state index < -0.39 is 5.97 Å². The van der Waals surface area contributed by atoms with Gasteiger partial charge in [0.05, 0.1) is 10.2 Å². The lowest BCUT2D eigenvalue weighted by atomic mass is 10.2. The number of thiophene rings is 1. The Balaban J connectivity index is 1.67. The minimum absolute atomic E-state index is 0.167. The summed E-state index contributed by atoms with van der Waals surface area (Å²) in [5, 5.41) is 14.5. The summed E-state index contributed by atoms with van der Waals surface area (Å²) in [7, 11) is 0. The molecule has 0 aromatic carbocycles. The van der Waals surface area contributed by atoms with E-state index in [0.29, 0.717) is 24.6 Å². The Hall–Kier alpha value is -2.28. The molecule has 0 saturated heterocycles. The maximum Gasteiger partial charge on any atom is 0.303 e. The first-order valence-corrected chi connectivity index (χ1v) is 7.48. The van der Waals surface area contributed by atoms with E-state index >= 15 is 0 Å². The van der Waals surface area contributed by atoms with E-state index in [1.54, 1.807) is 17.5 Å². The molecule has 6 nitrogen and oxygen atoms in total. The summed E-state index contributed by atoms with van der Waals surface area (Å²) in [5.74, 6) is 0.268. The Morgan fingerprint density at radius 2 is 2.29 bits per heavy atom. The van der Waals surface area contributed by atoms with Gasteiger partial charge in [0.25, 0.3) is 0 Å². The number of rotatable bonds is 6. The zero-order chi connectivity index (χ0) is 14.7. The maximum absolute atomic E-state index is 10.4. The van der Waals surface area contributed by atoms with Crippen molar-refractivity contribution in [3.63, 3.8) is 0 Å². The third kappa shape index (κ3) is 3.25. The average Bonchev–Trinajstić information content (AvgIpc) is 3.11. The monoisotopic (exact) mass is 303 g/mol. The van der Waals surface area contributed by atoms with E-state index in [2.05, 4.69) is 15.1 Å². The normalized spacial score (nSPS) is 11.0. The smallest absolute Gasteiger partial charge is 0.303 e. The minimum atomic E-state index is -0.781. The molecule has 0 aliphatic heterocycles. The van der Waals surface area contributed by atoms with Gasteiger partial charge in [-0.1, -0.05) is 5.16 Å². The largest absolute Gasteiger partial charge is 0.481 e. The summed E-state index contributed by atoms with van der Waals surface area (Å²) < 4.78 is 6.27. The van der Waals surface area contributed by atoms with Crippen LogP contribution in [0.4, 0.5) is 0 Å². The maximum atomic E-state index is 10.4. The van der Waals surface area contributed by atoms with Gasteiger partial charge in [-0.2, -0.15) is 4.98 Å². The Labute approximate surface area is 124 Å². The molecule has 0 spiro atoms. The van der Waals surface area contributed by atoms with Crippen LogP contribution in [-0.4, -0.2) is 26.2 Å². The first-order valence-electron chi connectivity index (χ1n) is 6.60. The van der Waals surface area contributed by atoms with Crippen molar-refractivity contribution in [1.29, 1.82) is 0 Å². The van der Waals surface area contributed by atoms with Crippen molar-refractivity contribution in [1.82, 2.24) is 15.1 Å². The predicted molar refractivity (Wildman–Crippen MR) is 78.1 cm³/mol. The van der Waals surface area contributed by atoms with Crippen LogP contribution in [0.15, 0.2) is 28.2 Å². The third-order valence-corrected chi connectivity index (χ3v) is 3.91. The number of pyridine rings is 1. The molecule has 21 heavy (non-hydrogen) atoms. The first-order chi connectivity index (χ1) is 10.2. The second-order valence-corrected chi connectivity index (χ2v) is 5.59. The molecule has 0 aliphatic carbocycles. The van der Waals surface area contributed by atoms with E-state index in [-0.39, 0.29) is 6.42 Å². The fraction of sp³-hybridized carbons (Fsp3) is 0.286. The van der Waals surface area contributed by atoms with Gasteiger partial charge in [-0.05, 0) is 30.4 Å².